The van der Waals surface area contributed by atoms with Gasteiger partial charge in [0.25, 0.3) is 0 Å². The molecule has 3 rings (SSSR count). The van der Waals surface area contributed by atoms with Crippen LogP contribution in [0.5, 0.6) is 0 Å². The lowest BCUT2D eigenvalue weighted by molar-refractivity contribution is 0.178. The Morgan fingerprint density at radius 1 is 1.14 bits per heavy atom. The molecule has 0 amide bonds. The summed E-state index contributed by atoms with van der Waals surface area (Å²) in [5.74, 6) is 0. The van der Waals surface area contributed by atoms with Gasteiger partial charge in [0.15, 0.2) is 5.58 Å². The predicted octanol–water partition coefficient (Wildman–Crippen LogP) is 3.97. The number of aromatic nitrogens is 1. The van der Waals surface area contributed by atoms with Crippen LogP contribution < -0.4 is 0 Å². The van der Waals surface area contributed by atoms with Crippen molar-refractivity contribution in [1.29, 1.82) is 0 Å². The molecule has 0 radical (unpaired) electrons. The molecule has 1 atom stereocenters. The van der Waals surface area contributed by atoms with E-state index >= 15 is 0 Å². The van der Waals surface area contributed by atoms with E-state index in [0.29, 0.717) is 12.8 Å². The minimum Gasteiger partial charge on any atom is -0.392 e. The maximum absolute atomic E-state index is 10.0. The molecule has 106 valence electrons. The van der Waals surface area contributed by atoms with Crippen molar-refractivity contribution in [3.63, 3.8) is 0 Å². The maximum Gasteiger partial charge on any atom is 0.167 e. The zero-order valence-corrected chi connectivity index (χ0v) is 11.7. The highest BCUT2D eigenvalue weighted by Crippen LogP contribution is 2.30. The summed E-state index contributed by atoms with van der Waals surface area (Å²) in [4.78, 5) is 0. The van der Waals surface area contributed by atoms with Crippen LogP contribution in [0.25, 0.3) is 22.2 Å². The van der Waals surface area contributed by atoms with Gasteiger partial charge in [-0.1, -0.05) is 47.6 Å². The van der Waals surface area contributed by atoms with E-state index in [1.165, 1.54) is 0 Å². The first kappa shape index (κ1) is 13.6. The molecule has 0 aliphatic rings. The zero-order valence-electron chi connectivity index (χ0n) is 11.7. The molecule has 0 bridgehead atoms. The molecule has 1 unspecified atom stereocenters. The second-order valence-corrected chi connectivity index (χ2v) is 5.07. The molecule has 0 aliphatic carbocycles. The van der Waals surface area contributed by atoms with E-state index in [0.717, 1.165) is 27.8 Å². The van der Waals surface area contributed by atoms with Crippen LogP contribution in [0.15, 0.2) is 65.7 Å². The fraction of sp³-hybridized carbons (Fsp3) is 0.167. The first-order valence-corrected chi connectivity index (χ1v) is 7.01. The smallest absolute Gasteiger partial charge is 0.167 e. The van der Waals surface area contributed by atoms with Crippen molar-refractivity contribution < 1.29 is 9.63 Å². The number of benzene rings is 2. The molecule has 3 heteroatoms. The highest BCUT2D eigenvalue weighted by atomic mass is 16.5. The van der Waals surface area contributed by atoms with Gasteiger partial charge in [-0.2, -0.15) is 0 Å². The Morgan fingerprint density at radius 3 is 2.76 bits per heavy atom. The summed E-state index contributed by atoms with van der Waals surface area (Å²) in [6, 6.07) is 15.8. The summed E-state index contributed by atoms with van der Waals surface area (Å²) >= 11 is 0. The van der Waals surface area contributed by atoms with E-state index < -0.39 is 6.10 Å². The van der Waals surface area contributed by atoms with Crippen LogP contribution in [0.3, 0.4) is 0 Å². The Kier molecular flexibility index (Phi) is 3.84. The molecular formula is C18H17NO2. The summed E-state index contributed by atoms with van der Waals surface area (Å²) in [6.07, 6.45) is 2.46. The fourth-order valence-corrected chi connectivity index (χ4v) is 2.54. The van der Waals surface area contributed by atoms with Gasteiger partial charge in [0.2, 0.25) is 0 Å². The second-order valence-electron chi connectivity index (χ2n) is 5.07. The number of fused-ring (bicyclic) bond motifs is 1. The van der Waals surface area contributed by atoms with Crippen molar-refractivity contribution in [2.75, 3.05) is 0 Å². The number of para-hydroxylation sites is 1. The molecule has 0 aliphatic heterocycles. The number of nitrogens with zero attached hydrogens (tertiary/aromatic N) is 1. The van der Waals surface area contributed by atoms with Gasteiger partial charge in [-0.3, -0.25) is 0 Å². The van der Waals surface area contributed by atoms with E-state index in [4.69, 9.17) is 4.52 Å². The van der Waals surface area contributed by atoms with Gasteiger partial charge >= 0.3 is 0 Å². The molecule has 1 heterocycles. The van der Waals surface area contributed by atoms with Gasteiger partial charge in [-0.15, -0.1) is 6.58 Å². The predicted molar refractivity (Wildman–Crippen MR) is 84.0 cm³/mol. The Bertz CT molecular complexity index is 761. The lowest BCUT2D eigenvalue weighted by atomic mass is 9.97. The maximum atomic E-state index is 10.0. The lowest BCUT2D eigenvalue weighted by Gasteiger charge is -2.11. The summed E-state index contributed by atoms with van der Waals surface area (Å²) in [7, 11) is 0. The monoisotopic (exact) mass is 279 g/mol. The Morgan fingerprint density at radius 2 is 1.90 bits per heavy atom. The van der Waals surface area contributed by atoms with Crippen molar-refractivity contribution >= 4 is 11.0 Å². The summed E-state index contributed by atoms with van der Waals surface area (Å²) in [5, 5.41) is 15.2. The topological polar surface area (TPSA) is 46.3 Å². The Hall–Kier alpha value is -2.39. The third-order valence-electron chi connectivity index (χ3n) is 3.54. The molecular weight excluding hydrogens is 262 g/mol. The summed E-state index contributed by atoms with van der Waals surface area (Å²) in [6.45, 7) is 3.67. The molecule has 0 fully saturated rings. The molecule has 3 aromatic rings. The van der Waals surface area contributed by atoms with Crippen LogP contribution in [0.2, 0.25) is 0 Å². The Labute approximate surface area is 123 Å². The van der Waals surface area contributed by atoms with Crippen LogP contribution in [-0.2, 0) is 6.42 Å². The van der Waals surface area contributed by atoms with Gasteiger partial charge < -0.3 is 9.63 Å². The number of aliphatic hydroxyl groups is 1. The third-order valence-corrected chi connectivity index (χ3v) is 3.54. The first-order chi connectivity index (χ1) is 10.3. The van der Waals surface area contributed by atoms with E-state index in [1.54, 1.807) is 6.08 Å². The molecule has 3 nitrogen and oxygen atoms in total. The number of hydrogen-bond acceptors (Lipinski definition) is 3. The first-order valence-electron chi connectivity index (χ1n) is 7.01. The summed E-state index contributed by atoms with van der Waals surface area (Å²) < 4.78 is 5.38. The molecule has 0 spiro atoms. The van der Waals surface area contributed by atoms with Crippen molar-refractivity contribution in [1.82, 2.24) is 5.16 Å². The highest BCUT2D eigenvalue weighted by Gasteiger charge is 2.14. The molecule has 1 N–H and O–H groups in total. The van der Waals surface area contributed by atoms with Crippen LogP contribution in [-0.4, -0.2) is 16.4 Å². The lowest BCUT2D eigenvalue weighted by Crippen LogP contribution is -2.09. The standard InChI is InChI=1S/C18H17NO2/c1-2-7-14(20)12-13-8-3-4-9-15(13)18-16-10-5-6-11-17(16)21-19-18/h2-6,8-11,14,20H,1,7,12H2. The van der Waals surface area contributed by atoms with Crippen molar-refractivity contribution in [2.24, 2.45) is 0 Å². The Balaban J connectivity index is 2.04. The molecule has 2 aromatic carbocycles. The van der Waals surface area contributed by atoms with Crippen molar-refractivity contribution in [3.8, 4) is 11.3 Å². The average molecular weight is 279 g/mol. The minimum atomic E-state index is -0.429. The van der Waals surface area contributed by atoms with E-state index in [-0.39, 0.29) is 0 Å². The largest absolute Gasteiger partial charge is 0.392 e. The van der Waals surface area contributed by atoms with Gasteiger partial charge in [0, 0.05) is 10.9 Å². The minimum absolute atomic E-state index is 0.429. The molecule has 21 heavy (non-hydrogen) atoms. The van der Waals surface area contributed by atoms with Gasteiger partial charge in [-0.05, 0) is 30.5 Å². The normalized spacial score (nSPS) is 12.4. The van der Waals surface area contributed by atoms with Crippen LogP contribution in [0.4, 0.5) is 0 Å². The van der Waals surface area contributed by atoms with Gasteiger partial charge in [0.05, 0.1) is 6.10 Å². The van der Waals surface area contributed by atoms with Gasteiger partial charge in [0.1, 0.15) is 5.69 Å². The second kappa shape index (κ2) is 5.94. The molecule has 0 saturated carbocycles. The quantitative estimate of drug-likeness (QED) is 0.719. The van der Waals surface area contributed by atoms with Crippen molar-refractivity contribution in [3.05, 3.63) is 66.7 Å². The van der Waals surface area contributed by atoms with Crippen LogP contribution in [0.1, 0.15) is 12.0 Å². The number of hydrogen-bond donors (Lipinski definition) is 1. The average Bonchev–Trinajstić information content (AvgIpc) is 2.92. The highest BCUT2D eigenvalue weighted by molar-refractivity contribution is 5.92. The van der Waals surface area contributed by atoms with Crippen molar-refractivity contribution in [2.45, 2.75) is 18.9 Å². The summed E-state index contributed by atoms with van der Waals surface area (Å²) in [5.41, 5.74) is 3.66. The molecule has 1 aromatic heterocycles. The van der Waals surface area contributed by atoms with Crippen LogP contribution in [0, 0.1) is 0 Å². The number of aliphatic hydroxyl groups excluding tert-OH is 1. The third kappa shape index (κ3) is 2.73. The van der Waals surface area contributed by atoms with Crippen LogP contribution >= 0.6 is 0 Å². The molecule has 0 saturated heterocycles. The fourth-order valence-electron chi connectivity index (χ4n) is 2.54. The van der Waals surface area contributed by atoms with Gasteiger partial charge in [-0.25, -0.2) is 0 Å². The number of rotatable bonds is 5. The SMILES string of the molecule is C=CCC(O)Cc1ccccc1-c1noc2ccccc12. The van der Waals surface area contributed by atoms with E-state index in [9.17, 15) is 5.11 Å². The van der Waals surface area contributed by atoms with E-state index in [2.05, 4.69) is 11.7 Å². The zero-order chi connectivity index (χ0) is 14.7. The van der Waals surface area contributed by atoms with E-state index in [1.807, 2.05) is 48.5 Å².